The number of rotatable bonds is 6. The fourth-order valence-electron chi connectivity index (χ4n) is 1.00. The Morgan fingerprint density at radius 2 is 2.06 bits per heavy atom. The van der Waals surface area contributed by atoms with Crippen LogP contribution in [0.15, 0.2) is 29.4 Å². The monoisotopic (exact) mass is 256 g/mol. The number of nitrogens with zero attached hydrogens (tertiary/aromatic N) is 1. The first-order valence-electron chi connectivity index (χ1n) is 4.79. The summed E-state index contributed by atoms with van der Waals surface area (Å²) in [5.41, 5.74) is 0. The van der Waals surface area contributed by atoms with Gasteiger partial charge in [0.2, 0.25) is 5.91 Å². The van der Waals surface area contributed by atoms with Gasteiger partial charge in [-0.15, -0.1) is 11.8 Å². The fraction of sp³-hybridized carbons (Fsp3) is 0.300. The van der Waals surface area contributed by atoms with Crippen molar-refractivity contribution in [3.05, 3.63) is 24.5 Å². The molecule has 1 aromatic rings. The topological polar surface area (TPSA) is 99.5 Å². The zero-order valence-corrected chi connectivity index (χ0v) is 9.68. The largest absolute Gasteiger partial charge is 0.480 e. The summed E-state index contributed by atoms with van der Waals surface area (Å²) in [7, 11) is 0. The van der Waals surface area contributed by atoms with Gasteiger partial charge < -0.3 is 15.5 Å². The predicted molar refractivity (Wildman–Crippen MR) is 61.6 cm³/mol. The molecule has 7 heteroatoms. The Morgan fingerprint density at radius 1 is 1.41 bits per heavy atom. The molecule has 1 aromatic heterocycles. The smallest absolute Gasteiger partial charge is 0.328 e. The van der Waals surface area contributed by atoms with E-state index in [0.717, 1.165) is 4.90 Å². The molecular weight excluding hydrogens is 244 g/mol. The second kappa shape index (κ2) is 6.87. The number of hydrogen-bond acceptors (Lipinski definition) is 5. The summed E-state index contributed by atoms with van der Waals surface area (Å²) in [5.74, 6) is -1.60. The molecule has 0 bridgehead atoms. The minimum Gasteiger partial charge on any atom is -0.480 e. The molecule has 92 valence electrons. The van der Waals surface area contributed by atoms with E-state index in [-0.39, 0.29) is 5.75 Å². The van der Waals surface area contributed by atoms with E-state index < -0.39 is 24.5 Å². The van der Waals surface area contributed by atoms with Crippen molar-refractivity contribution in [2.24, 2.45) is 0 Å². The number of carboxylic acid groups (broad SMARTS) is 1. The highest BCUT2D eigenvalue weighted by Crippen LogP contribution is 2.15. The van der Waals surface area contributed by atoms with Crippen LogP contribution < -0.4 is 5.32 Å². The van der Waals surface area contributed by atoms with Gasteiger partial charge in [-0.25, -0.2) is 4.79 Å². The lowest BCUT2D eigenvalue weighted by Gasteiger charge is -2.11. The van der Waals surface area contributed by atoms with Gasteiger partial charge in [0.15, 0.2) is 0 Å². The van der Waals surface area contributed by atoms with Crippen LogP contribution in [0.3, 0.4) is 0 Å². The molecule has 6 nitrogen and oxygen atoms in total. The maximum absolute atomic E-state index is 11.4. The highest BCUT2D eigenvalue weighted by atomic mass is 32.2. The van der Waals surface area contributed by atoms with Crippen LogP contribution in [0.5, 0.6) is 0 Å². The number of carbonyl (C=O) groups is 2. The number of aliphatic hydroxyl groups is 1. The Bertz CT molecular complexity index is 385. The number of carboxylic acids is 1. The van der Waals surface area contributed by atoms with Gasteiger partial charge in [-0.3, -0.25) is 9.78 Å². The van der Waals surface area contributed by atoms with E-state index in [1.54, 1.807) is 24.5 Å². The van der Waals surface area contributed by atoms with E-state index in [9.17, 15) is 9.59 Å². The van der Waals surface area contributed by atoms with E-state index >= 15 is 0 Å². The molecule has 0 aromatic carbocycles. The van der Waals surface area contributed by atoms with Crippen LogP contribution in [-0.4, -0.2) is 45.5 Å². The van der Waals surface area contributed by atoms with Gasteiger partial charge in [-0.2, -0.15) is 0 Å². The lowest BCUT2D eigenvalue weighted by molar-refractivity contribution is -0.142. The normalized spacial score (nSPS) is 11.8. The van der Waals surface area contributed by atoms with Crippen molar-refractivity contribution in [1.82, 2.24) is 10.3 Å². The Balaban J connectivity index is 2.37. The molecule has 0 fully saturated rings. The minimum absolute atomic E-state index is 0.0911. The van der Waals surface area contributed by atoms with Crippen molar-refractivity contribution in [3.63, 3.8) is 0 Å². The quantitative estimate of drug-likeness (QED) is 0.606. The maximum atomic E-state index is 11.4. The molecule has 0 aliphatic carbocycles. The Labute approximate surface area is 102 Å². The van der Waals surface area contributed by atoms with Gasteiger partial charge in [0.1, 0.15) is 6.04 Å². The zero-order valence-electron chi connectivity index (χ0n) is 8.87. The minimum atomic E-state index is -1.25. The molecule has 0 spiro atoms. The van der Waals surface area contributed by atoms with Gasteiger partial charge >= 0.3 is 5.97 Å². The zero-order chi connectivity index (χ0) is 12.7. The van der Waals surface area contributed by atoms with Crippen LogP contribution in [0.4, 0.5) is 0 Å². The average Bonchev–Trinajstić information content (AvgIpc) is 2.34. The Morgan fingerprint density at radius 3 is 2.59 bits per heavy atom. The third-order valence-corrected chi connectivity index (χ3v) is 2.85. The molecule has 1 amide bonds. The van der Waals surface area contributed by atoms with Crippen molar-refractivity contribution >= 4 is 23.6 Å². The first-order chi connectivity index (χ1) is 8.13. The molecule has 17 heavy (non-hydrogen) atoms. The van der Waals surface area contributed by atoms with Crippen LogP contribution in [0.25, 0.3) is 0 Å². The first kappa shape index (κ1) is 13.5. The number of nitrogens with one attached hydrogen (secondary N) is 1. The van der Waals surface area contributed by atoms with E-state index in [1.807, 2.05) is 0 Å². The molecule has 0 aliphatic rings. The summed E-state index contributed by atoms with van der Waals surface area (Å²) < 4.78 is 0. The van der Waals surface area contributed by atoms with Crippen LogP contribution >= 0.6 is 11.8 Å². The lowest BCUT2D eigenvalue weighted by atomic mass is 10.3. The van der Waals surface area contributed by atoms with Crippen molar-refractivity contribution in [1.29, 1.82) is 0 Å². The summed E-state index contributed by atoms with van der Waals surface area (Å²) in [6.45, 7) is -0.624. The molecule has 3 N–H and O–H groups in total. The fourth-order valence-corrected chi connectivity index (χ4v) is 1.70. The summed E-state index contributed by atoms with van der Waals surface area (Å²) in [5, 5.41) is 19.5. The Kier molecular flexibility index (Phi) is 5.44. The van der Waals surface area contributed by atoms with Crippen LogP contribution in [0.1, 0.15) is 0 Å². The molecule has 1 rings (SSSR count). The van der Waals surface area contributed by atoms with Crippen molar-refractivity contribution in [2.75, 3.05) is 12.4 Å². The van der Waals surface area contributed by atoms with Crippen LogP contribution in [0, 0.1) is 0 Å². The molecule has 0 saturated carbocycles. The molecule has 0 unspecified atom stereocenters. The van der Waals surface area contributed by atoms with E-state index in [1.165, 1.54) is 11.8 Å². The number of aliphatic carboxylic acids is 1. The van der Waals surface area contributed by atoms with Gasteiger partial charge in [0, 0.05) is 17.3 Å². The third-order valence-electron chi connectivity index (χ3n) is 1.84. The number of amides is 1. The molecule has 1 atom stereocenters. The summed E-state index contributed by atoms with van der Waals surface area (Å²) in [6, 6.07) is 2.25. The molecule has 0 aliphatic heterocycles. The van der Waals surface area contributed by atoms with E-state index in [4.69, 9.17) is 10.2 Å². The van der Waals surface area contributed by atoms with Gasteiger partial charge in [-0.1, -0.05) is 0 Å². The highest BCUT2D eigenvalue weighted by Gasteiger charge is 2.18. The number of pyridine rings is 1. The van der Waals surface area contributed by atoms with E-state index in [2.05, 4.69) is 10.3 Å². The number of carbonyl (C=O) groups excluding carboxylic acids is 1. The number of thioether (sulfide) groups is 1. The third kappa shape index (κ3) is 4.83. The van der Waals surface area contributed by atoms with Gasteiger partial charge in [0.25, 0.3) is 0 Å². The molecule has 0 saturated heterocycles. The summed E-state index contributed by atoms with van der Waals surface area (Å²) in [6.07, 6.45) is 3.21. The number of hydrogen-bond donors (Lipinski definition) is 3. The van der Waals surface area contributed by atoms with Crippen molar-refractivity contribution in [2.45, 2.75) is 10.9 Å². The molecular formula is C10H12N2O4S. The lowest BCUT2D eigenvalue weighted by Crippen LogP contribution is -2.44. The van der Waals surface area contributed by atoms with Crippen molar-refractivity contribution in [3.8, 4) is 0 Å². The van der Waals surface area contributed by atoms with Crippen molar-refractivity contribution < 1.29 is 19.8 Å². The average molecular weight is 256 g/mol. The standard InChI is InChI=1S/C10H12N2O4S/c13-5-8(10(15)16)12-9(14)6-17-7-1-3-11-4-2-7/h1-4,8,13H,5-6H2,(H,12,14)(H,15,16)/t8-/m0/s1. The van der Waals surface area contributed by atoms with Crippen LogP contribution in [0.2, 0.25) is 0 Å². The number of aliphatic hydroxyl groups excluding tert-OH is 1. The van der Waals surface area contributed by atoms with Crippen LogP contribution in [-0.2, 0) is 9.59 Å². The first-order valence-corrected chi connectivity index (χ1v) is 5.78. The van der Waals surface area contributed by atoms with Gasteiger partial charge in [-0.05, 0) is 12.1 Å². The predicted octanol–water partition coefficient (Wildman–Crippen LogP) is -0.265. The second-order valence-electron chi connectivity index (χ2n) is 3.11. The maximum Gasteiger partial charge on any atom is 0.328 e. The molecule has 1 heterocycles. The van der Waals surface area contributed by atoms with Gasteiger partial charge in [0.05, 0.1) is 12.4 Å². The highest BCUT2D eigenvalue weighted by molar-refractivity contribution is 8.00. The second-order valence-corrected chi connectivity index (χ2v) is 4.16. The SMILES string of the molecule is O=C(CSc1ccncc1)N[C@@H](CO)C(=O)O. The number of aromatic nitrogens is 1. The molecule has 0 radical (unpaired) electrons. The summed E-state index contributed by atoms with van der Waals surface area (Å²) >= 11 is 1.27. The summed E-state index contributed by atoms with van der Waals surface area (Å²) in [4.78, 5) is 26.6. The Hall–Kier alpha value is -1.60. The van der Waals surface area contributed by atoms with E-state index in [0.29, 0.717) is 0 Å².